The normalized spacial score (nSPS) is 24.7. The van der Waals surface area contributed by atoms with E-state index < -0.39 is 54.5 Å². The Morgan fingerprint density at radius 2 is 1.53 bits per heavy atom. The Morgan fingerprint density at radius 1 is 0.969 bits per heavy atom. The first-order valence-electron chi connectivity index (χ1n) is 9.60. The maximum Gasteiger partial charge on any atom is 0.304 e. The van der Waals surface area contributed by atoms with Gasteiger partial charge in [0.05, 0.1) is 5.56 Å². The van der Waals surface area contributed by atoms with Gasteiger partial charge in [0.15, 0.2) is 24.6 Å². The molecule has 0 bridgehead atoms. The van der Waals surface area contributed by atoms with Gasteiger partial charge in [0, 0.05) is 33.8 Å². The van der Waals surface area contributed by atoms with Crippen LogP contribution in [0.1, 0.15) is 39.5 Å². The molecule has 1 fully saturated rings. The van der Waals surface area contributed by atoms with Crippen LogP contribution in [0.2, 0.25) is 0 Å². The summed E-state index contributed by atoms with van der Waals surface area (Å²) in [7, 11) is 0. The number of ether oxygens (including phenoxy) is 5. The molecule has 0 radical (unpaired) electrons. The summed E-state index contributed by atoms with van der Waals surface area (Å²) in [4.78, 5) is 47.0. The molecule has 2 N–H and O–H groups in total. The van der Waals surface area contributed by atoms with Crippen molar-refractivity contribution in [1.29, 1.82) is 0 Å². The van der Waals surface area contributed by atoms with Gasteiger partial charge in [-0.25, -0.2) is 0 Å². The minimum absolute atomic E-state index is 0.116. The molecule has 0 aromatic carbocycles. The smallest absolute Gasteiger partial charge is 0.304 e. The van der Waals surface area contributed by atoms with Gasteiger partial charge in [-0.05, 0) is 6.07 Å². The lowest BCUT2D eigenvalue weighted by molar-refractivity contribution is -0.777. The highest BCUT2D eigenvalue weighted by Crippen LogP contribution is 2.32. The molecule has 0 aliphatic carbocycles. The molecular weight excluding hydrogens is 444 g/mol. The van der Waals surface area contributed by atoms with Crippen LogP contribution in [0, 0.1) is 0 Å². The Labute approximate surface area is 189 Å². The minimum Gasteiger partial charge on any atom is -0.463 e. The number of hydrogen-bond donors (Lipinski definition) is 1. The van der Waals surface area contributed by atoms with Crippen molar-refractivity contribution in [3.8, 4) is 0 Å². The molecule has 1 saturated heterocycles. The molecule has 174 valence electrons. The van der Waals surface area contributed by atoms with Gasteiger partial charge in [0.1, 0.15) is 17.7 Å². The number of pyridine rings is 1. The predicted octanol–water partition coefficient (Wildman–Crippen LogP) is -0.136. The van der Waals surface area contributed by atoms with Crippen LogP contribution < -0.4 is 10.3 Å². The molecule has 5 atom stereocenters. The summed E-state index contributed by atoms with van der Waals surface area (Å²) in [6.45, 7) is 4.36. The monoisotopic (exact) mass is 469 g/mol. The molecule has 0 spiro atoms. The van der Waals surface area contributed by atoms with E-state index in [9.17, 15) is 19.2 Å². The predicted molar refractivity (Wildman–Crippen MR) is 110 cm³/mol. The van der Waals surface area contributed by atoms with Gasteiger partial charge < -0.3 is 29.4 Å². The van der Waals surface area contributed by atoms with Crippen LogP contribution in [0.5, 0.6) is 0 Å². The molecule has 0 amide bonds. The molecule has 32 heavy (non-hydrogen) atoms. The number of carbonyl (C=O) groups excluding carboxylic acids is 4. The molecule has 0 saturated carbocycles. The molecule has 12 heteroatoms. The van der Waals surface area contributed by atoms with Crippen molar-refractivity contribution in [2.45, 2.75) is 58.3 Å². The Bertz CT molecular complexity index is 907. The second-order valence-corrected chi connectivity index (χ2v) is 7.43. The van der Waals surface area contributed by atoms with Crippen molar-refractivity contribution in [2.75, 3.05) is 6.61 Å². The largest absolute Gasteiger partial charge is 0.463 e. The zero-order valence-electron chi connectivity index (χ0n) is 18.0. The van der Waals surface area contributed by atoms with E-state index in [1.165, 1.54) is 18.4 Å². The van der Waals surface area contributed by atoms with Gasteiger partial charge in [-0.2, -0.15) is 4.57 Å². The first-order chi connectivity index (χ1) is 15.0. The van der Waals surface area contributed by atoms with Crippen LogP contribution in [0.15, 0.2) is 24.5 Å². The standard InChI is InChI=1S/C20H24N2O9S/c1-10(23)27-9-15-16(28-11(2)24)17(29-12(3)25)18(30-13(4)26)20(31-15)22-7-5-6-14(8-22)19(21)32/h5-8,15-18,20H,9H2,1-4H3,(H-,21,32)/p+1/t15-,16+,17+,18+,20-/m1/s1. The first-order valence-corrected chi connectivity index (χ1v) is 10.0. The van der Waals surface area contributed by atoms with E-state index in [-0.39, 0.29) is 11.6 Å². The third-order valence-electron chi connectivity index (χ3n) is 4.37. The maximum absolute atomic E-state index is 11.9. The van der Waals surface area contributed by atoms with Crippen molar-refractivity contribution in [2.24, 2.45) is 5.73 Å². The zero-order valence-corrected chi connectivity index (χ0v) is 18.8. The highest BCUT2D eigenvalue weighted by atomic mass is 32.1. The molecule has 1 aliphatic rings. The molecule has 1 aliphatic heterocycles. The summed E-state index contributed by atoms with van der Waals surface area (Å²) < 4.78 is 28.8. The van der Waals surface area contributed by atoms with Gasteiger partial charge in [-0.3, -0.25) is 19.2 Å². The SMILES string of the molecule is CC(=O)OC[C@H]1O[C@@H]([n+]2cccc(C(N)=S)c2)[C@@H](OC(C)=O)[C@@H](OC(C)=O)[C@H]1OC(C)=O. The Morgan fingerprint density at radius 3 is 2.06 bits per heavy atom. The summed E-state index contributed by atoms with van der Waals surface area (Å²) in [6, 6.07) is 3.31. The Hall–Kier alpha value is -3.12. The zero-order chi connectivity index (χ0) is 24.0. The molecule has 1 aromatic rings. The highest BCUT2D eigenvalue weighted by Gasteiger charge is 2.56. The van der Waals surface area contributed by atoms with Crippen molar-refractivity contribution < 1.29 is 47.4 Å². The van der Waals surface area contributed by atoms with Gasteiger partial charge in [-0.15, -0.1) is 0 Å². The third-order valence-corrected chi connectivity index (χ3v) is 4.60. The van der Waals surface area contributed by atoms with Crippen molar-refractivity contribution in [1.82, 2.24) is 0 Å². The van der Waals surface area contributed by atoms with Crippen molar-refractivity contribution in [3.05, 3.63) is 30.1 Å². The number of aromatic nitrogens is 1. The molecule has 11 nitrogen and oxygen atoms in total. The number of carbonyl (C=O) groups is 4. The van der Waals surface area contributed by atoms with Gasteiger partial charge in [-0.1, -0.05) is 12.2 Å². The van der Waals surface area contributed by atoms with Crippen molar-refractivity contribution in [3.63, 3.8) is 0 Å². The average Bonchev–Trinajstić information content (AvgIpc) is 2.68. The summed E-state index contributed by atoms with van der Waals surface area (Å²) >= 11 is 5.02. The van der Waals surface area contributed by atoms with E-state index in [2.05, 4.69) is 0 Å². The van der Waals surface area contributed by atoms with E-state index >= 15 is 0 Å². The van der Waals surface area contributed by atoms with E-state index in [0.717, 1.165) is 13.8 Å². The fourth-order valence-electron chi connectivity index (χ4n) is 3.24. The number of hydrogen-bond acceptors (Lipinski definition) is 10. The number of thiocarbonyl (C=S) groups is 1. The quantitative estimate of drug-likeness (QED) is 0.247. The van der Waals surface area contributed by atoms with Crippen LogP contribution in [0.4, 0.5) is 0 Å². The number of rotatable bonds is 7. The molecule has 0 unspecified atom stereocenters. The molecule has 1 aromatic heterocycles. The molecular formula is C20H25N2O9S+. The average molecular weight is 469 g/mol. The fourth-order valence-corrected chi connectivity index (χ4v) is 3.36. The van der Waals surface area contributed by atoms with Crippen LogP contribution >= 0.6 is 12.2 Å². The fraction of sp³-hybridized carbons (Fsp3) is 0.500. The lowest BCUT2D eigenvalue weighted by Crippen LogP contribution is -2.65. The van der Waals surface area contributed by atoms with Gasteiger partial charge in [0.2, 0.25) is 6.10 Å². The number of nitrogens with two attached hydrogens (primary N) is 1. The Kier molecular flexibility index (Phi) is 8.61. The Balaban J connectivity index is 2.58. The second-order valence-electron chi connectivity index (χ2n) is 6.99. The van der Waals surface area contributed by atoms with E-state index in [1.807, 2.05) is 0 Å². The van der Waals surface area contributed by atoms with E-state index in [4.69, 9.17) is 41.6 Å². The third kappa shape index (κ3) is 6.69. The topological polar surface area (TPSA) is 144 Å². The van der Waals surface area contributed by atoms with E-state index in [0.29, 0.717) is 5.56 Å². The summed E-state index contributed by atoms with van der Waals surface area (Å²) in [6.07, 6.45) is -2.67. The summed E-state index contributed by atoms with van der Waals surface area (Å²) in [5, 5.41) is 0. The van der Waals surface area contributed by atoms with Crippen LogP contribution in [-0.2, 0) is 42.9 Å². The lowest BCUT2D eigenvalue weighted by Gasteiger charge is -2.41. The summed E-state index contributed by atoms with van der Waals surface area (Å²) in [5.41, 5.74) is 6.21. The minimum atomic E-state index is -1.26. The van der Waals surface area contributed by atoms with Crippen LogP contribution in [0.25, 0.3) is 0 Å². The van der Waals surface area contributed by atoms with Gasteiger partial charge in [0.25, 0.3) is 0 Å². The highest BCUT2D eigenvalue weighted by molar-refractivity contribution is 7.80. The van der Waals surface area contributed by atoms with Crippen molar-refractivity contribution >= 4 is 41.1 Å². The van der Waals surface area contributed by atoms with Crippen LogP contribution in [0.3, 0.4) is 0 Å². The number of nitrogens with zero attached hydrogens (tertiary/aromatic N) is 1. The van der Waals surface area contributed by atoms with Crippen LogP contribution in [-0.4, -0.2) is 59.9 Å². The maximum atomic E-state index is 11.9. The summed E-state index contributed by atoms with van der Waals surface area (Å²) in [5.74, 6) is -2.70. The lowest BCUT2D eigenvalue weighted by atomic mass is 9.97. The van der Waals surface area contributed by atoms with E-state index in [1.54, 1.807) is 24.5 Å². The first kappa shape index (κ1) is 25.1. The van der Waals surface area contributed by atoms with Gasteiger partial charge >= 0.3 is 30.1 Å². The number of esters is 4. The molecule has 2 rings (SSSR count). The molecule has 2 heterocycles. The second kappa shape index (κ2) is 11.0.